The average Bonchev–Trinajstić information content (AvgIpc) is 2.79. The van der Waals surface area contributed by atoms with Crippen LogP contribution in [0, 0.1) is 5.92 Å². The lowest BCUT2D eigenvalue weighted by molar-refractivity contribution is -0.133. The standard InChI is InChI=1S/C17H18N4O3/c1-20-12-8-21(7-11(16(20)22)9-24-10-12)17(23)13-3-2-4-14-15(13)19-6-5-18-14/h2-6,11-12H,7-10H2,1H3/t11-,12+/m1/s1. The van der Waals surface area contributed by atoms with Crippen LogP contribution in [0.15, 0.2) is 30.6 Å². The van der Waals surface area contributed by atoms with Gasteiger partial charge < -0.3 is 14.5 Å². The topological polar surface area (TPSA) is 75.6 Å². The molecule has 2 aliphatic heterocycles. The minimum Gasteiger partial charge on any atom is -0.378 e. The van der Waals surface area contributed by atoms with Gasteiger partial charge >= 0.3 is 0 Å². The number of aromatic nitrogens is 2. The number of fused-ring (bicyclic) bond motifs is 4. The van der Waals surface area contributed by atoms with E-state index in [-0.39, 0.29) is 23.8 Å². The maximum atomic E-state index is 13.1. The number of hydrogen-bond donors (Lipinski definition) is 0. The van der Waals surface area contributed by atoms with Crippen LogP contribution in [0.3, 0.4) is 0 Å². The Morgan fingerprint density at radius 2 is 2.04 bits per heavy atom. The summed E-state index contributed by atoms with van der Waals surface area (Å²) < 4.78 is 5.58. The lowest BCUT2D eigenvalue weighted by Crippen LogP contribution is -2.45. The van der Waals surface area contributed by atoms with E-state index in [4.69, 9.17) is 4.74 Å². The molecule has 124 valence electrons. The van der Waals surface area contributed by atoms with Crippen molar-refractivity contribution in [2.24, 2.45) is 5.92 Å². The van der Waals surface area contributed by atoms with Gasteiger partial charge in [-0.25, -0.2) is 0 Å². The second-order valence-electron chi connectivity index (χ2n) is 6.28. The average molecular weight is 326 g/mol. The highest BCUT2D eigenvalue weighted by Crippen LogP contribution is 2.23. The number of para-hydroxylation sites is 1. The van der Waals surface area contributed by atoms with Crippen molar-refractivity contribution in [1.29, 1.82) is 0 Å². The third-order valence-electron chi connectivity index (χ3n) is 4.76. The molecule has 1 aromatic carbocycles. The van der Waals surface area contributed by atoms with Crippen LogP contribution in [0.4, 0.5) is 0 Å². The first-order chi connectivity index (χ1) is 11.6. The van der Waals surface area contributed by atoms with Gasteiger partial charge in [-0.2, -0.15) is 0 Å². The number of ether oxygens (including phenoxy) is 1. The van der Waals surface area contributed by atoms with Gasteiger partial charge in [0.2, 0.25) is 5.91 Å². The zero-order valence-corrected chi connectivity index (χ0v) is 13.4. The molecular formula is C17H18N4O3. The van der Waals surface area contributed by atoms with Gasteiger partial charge in [-0.3, -0.25) is 19.6 Å². The highest BCUT2D eigenvalue weighted by Gasteiger charge is 2.39. The van der Waals surface area contributed by atoms with E-state index < -0.39 is 0 Å². The summed E-state index contributed by atoms with van der Waals surface area (Å²) in [7, 11) is 1.78. The van der Waals surface area contributed by atoms with Gasteiger partial charge in [0.25, 0.3) is 5.91 Å². The van der Waals surface area contributed by atoms with Crippen LogP contribution in [0.2, 0.25) is 0 Å². The molecule has 0 aliphatic carbocycles. The fraction of sp³-hybridized carbons (Fsp3) is 0.412. The Morgan fingerprint density at radius 3 is 2.92 bits per heavy atom. The summed E-state index contributed by atoms with van der Waals surface area (Å²) in [5.74, 6) is -0.376. The van der Waals surface area contributed by atoms with Crippen molar-refractivity contribution < 1.29 is 14.3 Å². The molecule has 0 radical (unpaired) electrons. The summed E-state index contributed by atoms with van der Waals surface area (Å²) in [4.78, 5) is 37.6. The molecule has 2 bridgehead atoms. The van der Waals surface area contributed by atoms with Crippen molar-refractivity contribution in [3.63, 3.8) is 0 Å². The van der Waals surface area contributed by atoms with Crippen LogP contribution in [-0.2, 0) is 9.53 Å². The minimum absolute atomic E-state index is 0.0468. The van der Waals surface area contributed by atoms with Crippen LogP contribution in [-0.4, -0.2) is 71.0 Å². The number of hydrogen-bond acceptors (Lipinski definition) is 5. The molecule has 2 atom stereocenters. The molecule has 3 heterocycles. The quantitative estimate of drug-likeness (QED) is 0.765. The molecule has 0 saturated carbocycles. The van der Waals surface area contributed by atoms with Crippen LogP contribution in [0.25, 0.3) is 11.0 Å². The summed E-state index contributed by atoms with van der Waals surface area (Å²) >= 11 is 0. The van der Waals surface area contributed by atoms with Crippen molar-refractivity contribution in [2.75, 3.05) is 33.4 Å². The van der Waals surface area contributed by atoms with Crippen molar-refractivity contribution >= 4 is 22.8 Å². The zero-order valence-electron chi connectivity index (χ0n) is 13.4. The fourth-order valence-corrected chi connectivity index (χ4v) is 3.40. The number of nitrogens with zero attached hydrogens (tertiary/aromatic N) is 4. The third kappa shape index (κ3) is 2.41. The Bertz CT molecular complexity index is 804. The molecule has 0 N–H and O–H groups in total. The van der Waals surface area contributed by atoms with Gasteiger partial charge in [-0.15, -0.1) is 0 Å². The number of carbonyl (C=O) groups is 2. The van der Waals surface area contributed by atoms with Gasteiger partial charge in [-0.05, 0) is 12.1 Å². The van der Waals surface area contributed by atoms with Gasteiger partial charge in [0.05, 0.1) is 36.3 Å². The SMILES string of the molecule is CN1C(=O)[C@H]2COC[C@@H]1CN(C(=O)c1cccc3nccnc13)C2. The molecule has 7 nitrogen and oxygen atoms in total. The smallest absolute Gasteiger partial charge is 0.256 e. The van der Waals surface area contributed by atoms with Crippen molar-refractivity contribution in [2.45, 2.75) is 6.04 Å². The van der Waals surface area contributed by atoms with E-state index in [1.54, 1.807) is 35.3 Å². The maximum absolute atomic E-state index is 13.1. The molecule has 2 aliphatic rings. The zero-order chi connectivity index (χ0) is 16.7. The van der Waals surface area contributed by atoms with E-state index in [1.807, 2.05) is 12.1 Å². The predicted octanol–water partition coefficient (Wildman–Crippen LogP) is 0.559. The van der Waals surface area contributed by atoms with Crippen LogP contribution >= 0.6 is 0 Å². The number of benzene rings is 1. The van der Waals surface area contributed by atoms with Crippen molar-refractivity contribution in [3.8, 4) is 0 Å². The highest BCUT2D eigenvalue weighted by atomic mass is 16.5. The maximum Gasteiger partial charge on any atom is 0.256 e. The van der Waals surface area contributed by atoms with Gasteiger partial charge in [0.1, 0.15) is 5.52 Å². The molecule has 7 heteroatoms. The minimum atomic E-state index is -0.312. The van der Waals surface area contributed by atoms with Crippen LogP contribution in [0.1, 0.15) is 10.4 Å². The Labute approximate surface area is 139 Å². The molecule has 24 heavy (non-hydrogen) atoms. The molecule has 1 aromatic heterocycles. The summed E-state index contributed by atoms with van der Waals surface area (Å²) in [6.07, 6.45) is 3.19. The first-order valence-electron chi connectivity index (χ1n) is 7.98. The fourth-order valence-electron chi connectivity index (χ4n) is 3.40. The van der Waals surface area contributed by atoms with E-state index >= 15 is 0 Å². The Kier molecular flexibility index (Phi) is 3.65. The Morgan fingerprint density at radius 1 is 1.21 bits per heavy atom. The third-order valence-corrected chi connectivity index (χ3v) is 4.76. The Hall–Kier alpha value is -2.54. The molecule has 2 saturated heterocycles. The second kappa shape index (κ2) is 5.83. The molecule has 2 aromatic rings. The molecule has 2 amide bonds. The van der Waals surface area contributed by atoms with E-state index in [0.29, 0.717) is 42.9 Å². The summed E-state index contributed by atoms with van der Waals surface area (Å²) in [6.45, 7) is 1.65. The summed E-state index contributed by atoms with van der Waals surface area (Å²) in [5, 5.41) is 0. The number of rotatable bonds is 1. The van der Waals surface area contributed by atoms with E-state index in [1.165, 1.54) is 0 Å². The van der Waals surface area contributed by atoms with Crippen LogP contribution < -0.4 is 0 Å². The Balaban J connectivity index is 1.70. The number of likely N-dealkylation sites (N-methyl/N-ethyl adjacent to an activating group) is 1. The predicted molar refractivity (Wildman–Crippen MR) is 86.3 cm³/mol. The van der Waals surface area contributed by atoms with Crippen molar-refractivity contribution in [3.05, 3.63) is 36.2 Å². The first-order valence-corrected chi connectivity index (χ1v) is 7.98. The molecular weight excluding hydrogens is 308 g/mol. The molecule has 4 rings (SSSR count). The van der Waals surface area contributed by atoms with E-state index in [9.17, 15) is 9.59 Å². The lowest BCUT2D eigenvalue weighted by Gasteiger charge is -2.29. The molecule has 0 unspecified atom stereocenters. The highest BCUT2D eigenvalue weighted by molar-refractivity contribution is 6.04. The first kappa shape index (κ1) is 15.0. The van der Waals surface area contributed by atoms with Crippen LogP contribution in [0.5, 0.6) is 0 Å². The normalized spacial score (nSPS) is 24.1. The van der Waals surface area contributed by atoms with E-state index in [0.717, 1.165) is 0 Å². The molecule has 0 spiro atoms. The second-order valence-corrected chi connectivity index (χ2v) is 6.28. The van der Waals surface area contributed by atoms with Gasteiger partial charge in [-0.1, -0.05) is 6.07 Å². The largest absolute Gasteiger partial charge is 0.378 e. The number of amides is 2. The van der Waals surface area contributed by atoms with E-state index in [2.05, 4.69) is 9.97 Å². The monoisotopic (exact) mass is 326 g/mol. The molecule has 2 fully saturated rings. The van der Waals surface area contributed by atoms with Gasteiger partial charge in [0.15, 0.2) is 0 Å². The lowest BCUT2D eigenvalue weighted by atomic mass is 10.1. The summed E-state index contributed by atoms with van der Waals surface area (Å²) in [6, 6.07) is 5.29. The van der Waals surface area contributed by atoms with Crippen molar-refractivity contribution in [1.82, 2.24) is 19.8 Å². The summed E-state index contributed by atoms with van der Waals surface area (Å²) in [5.41, 5.74) is 1.81. The number of carbonyl (C=O) groups excluding carboxylic acids is 2. The van der Waals surface area contributed by atoms with Gasteiger partial charge in [0, 0.05) is 32.5 Å².